The number of aliphatic hydroxyl groups excluding tert-OH is 1. The quantitative estimate of drug-likeness (QED) is 0.0441. The number of hydrogen-bond donors (Lipinski definition) is 1. The summed E-state index contributed by atoms with van der Waals surface area (Å²) in [5, 5.41) is 9.96. The van der Waals surface area contributed by atoms with E-state index < -0.39 is 6.10 Å². The molecule has 3 unspecified atom stereocenters. The SMILES string of the molecule is CCCCC/C=C\CC1OC1CCCCCCCC(=O)OC[C@H](O)COC(=O)CCCCCCCCC(C)CC. The summed E-state index contributed by atoms with van der Waals surface area (Å²) < 4.78 is 16.0. The molecule has 1 aliphatic rings. The summed E-state index contributed by atoms with van der Waals surface area (Å²) in [4.78, 5) is 23.8. The zero-order valence-corrected chi connectivity index (χ0v) is 26.2. The van der Waals surface area contributed by atoms with Gasteiger partial charge in [-0.1, -0.05) is 116 Å². The van der Waals surface area contributed by atoms with Gasteiger partial charge in [0.2, 0.25) is 0 Å². The normalized spacial score (nSPS) is 18.1. The molecule has 40 heavy (non-hydrogen) atoms. The number of aliphatic hydroxyl groups is 1. The molecule has 1 rings (SSSR count). The fourth-order valence-electron chi connectivity index (χ4n) is 4.89. The fourth-order valence-corrected chi connectivity index (χ4v) is 4.89. The van der Waals surface area contributed by atoms with Crippen molar-refractivity contribution in [3.63, 3.8) is 0 Å². The second kappa shape index (κ2) is 25.3. The van der Waals surface area contributed by atoms with Crippen molar-refractivity contribution >= 4 is 11.9 Å². The van der Waals surface area contributed by atoms with Crippen LogP contribution in [0.5, 0.6) is 0 Å². The molecule has 0 bridgehead atoms. The Morgan fingerprint density at radius 3 is 1.93 bits per heavy atom. The third kappa shape index (κ3) is 22.3. The van der Waals surface area contributed by atoms with Gasteiger partial charge in [0.05, 0.1) is 12.2 Å². The van der Waals surface area contributed by atoms with E-state index in [1.165, 1.54) is 64.2 Å². The summed E-state index contributed by atoms with van der Waals surface area (Å²) >= 11 is 0. The third-order valence-electron chi connectivity index (χ3n) is 7.96. The predicted octanol–water partition coefficient (Wildman–Crippen LogP) is 8.63. The summed E-state index contributed by atoms with van der Waals surface area (Å²) in [6, 6.07) is 0. The van der Waals surface area contributed by atoms with Crippen LogP contribution in [0.4, 0.5) is 0 Å². The number of allylic oxidation sites excluding steroid dienone is 1. The summed E-state index contributed by atoms with van der Waals surface area (Å²) in [6.45, 7) is 6.54. The smallest absolute Gasteiger partial charge is 0.305 e. The highest BCUT2D eigenvalue weighted by molar-refractivity contribution is 5.69. The highest BCUT2D eigenvalue weighted by atomic mass is 16.6. The molecule has 0 aromatic heterocycles. The van der Waals surface area contributed by atoms with Crippen molar-refractivity contribution in [3.8, 4) is 0 Å². The van der Waals surface area contributed by atoms with Crippen LogP contribution in [0.2, 0.25) is 0 Å². The molecule has 0 aromatic rings. The summed E-state index contributed by atoms with van der Waals surface area (Å²) in [6.07, 6.45) is 27.1. The minimum atomic E-state index is -0.969. The highest BCUT2D eigenvalue weighted by Gasteiger charge is 2.36. The molecule has 0 amide bonds. The Bertz CT molecular complexity index is 648. The Morgan fingerprint density at radius 2 is 1.32 bits per heavy atom. The number of rotatable bonds is 28. The molecule has 0 saturated carbocycles. The van der Waals surface area contributed by atoms with E-state index in [4.69, 9.17) is 14.2 Å². The molecule has 1 N–H and O–H groups in total. The van der Waals surface area contributed by atoms with E-state index in [1.54, 1.807) is 0 Å². The van der Waals surface area contributed by atoms with E-state index in [0.29, 0.717) is 25.0 Å². The Hall–Kier alpha value is -1.40. The fraction of sp³-hybridized carbons (Fsp3) is 0.882. The topological polar surface area (TPSA) is 85.4 Å². The van der Waals surface area contributed by atoms with E-state index in [0.717, 1.165) is 63.7 Å². The van der Waals surface area contributed by atoms with Crippen LogP contribution in [-0.4, -0.2) is 48.6 Å². The average molecular weight is 567 g/mol. The van der Waals surface area contributed by atoms with Gasteiger partial charge in [-0.25, -0.2) is 0 Å². The lowest BCUT2D eigenvalue weighted by Gasteiger charge is -2.12. The number of hydrogen-bond acceptors (Lipinski definition) is 6. The summed E-state index contributed by atoms with van der Waals surface area (Å²) in [7, 11) is 0. The van der Waals surface area contributed by atoms with Gasteiger partial charge in [0.25, 0.3) is 0 Å². The van der Waals surface area contributed by atoms with Crippen LogP contribution < -0.4 is 0 Å². The predicted molar refractivity (Wildman–Crippen MR) is 163 cm³/mol. The van der Waals surface area contributed by atoms with Crippen LogP contribution in [0.3, 0.4) is 0 Å². The maximum atomic E-state index is 11.9. The zero-order chi connectivity index (χ0) is 29.3. The molecule has 1 aliphatic heterocycles. The maximum absolute atomic E-state index is 11.9. The second-order valence-electron chi connectivity index (χ2n) is 11.9. The van der Waals surface area contributed by atoms with E-state index in [9.17, 15) is 14.7 Å². The van der Waals surface area contributed by atoms with Crippen LogP contribution in [0.25, 0.3) is 0 Å². The van der Waals surface area contributed by atoms with E-state index in [2.05, 4.69) is 32.9 Å². The maximum Gasteiger partial charge on any atom is 0.305 e. The number of carbonyl (C=O) groups is 2. The lowest BCUT2D eigenvalue weighted by Crippen LogP contribution is -2.25. The average Bonchev–Trinajstić information content (AvgIpc) is 3.71. The minimum Gasteiger partial charge on any atom is -0.463 e. The first-order valence-electron chi connectivity index (χ1n) is 16.8. The number of unbranched alkanes of at least 4 members (excludes halogenated alkanes) is 12. The first kappa shape index (κ1) is 36.6. The molecular formula is C34H62O6. The standard InChI is InChI=1S/C34H62O6/c1-4-6-7-8-13-18-23-31-32(40-31)24-19-14-11-16-21-26-34(37)39-28-30(35)27-38-33(36)25-20-15-10-9-12-17-22-29(3)5-2/h13,18,29-32,35H,4-12,14-17,19-28H2,1-3H3/b18-13-/t29?,30-,31?,32?/m1/s1. The molecule has 0 aliphatic carbocycles. The van der Waals surface area contributed by atoms with Gasteiger partial charge in [0.1, 0.15) is 19.3 Å². The first-order chi connectivity index (χ1) is 19.5. The molecular weight excluding hydrogens is 504 g/mol. The lowest BCUT2D eigenvalue weighted by molar-refractivity contribution is -0.152. The largest absolute Gasteiger partial charge is 0.463 e. The number of epoxide rings is 1. The van der Waals surface area contributed by atoms with Crippen LogP contribution in [0.1, 0.15) is 156 Å². The first-order valence-corrected chi connectivity index (χ1v) is 16.8. The highest BCUT2D eigenvalue weighted by Crippen LogP contribution is 2.30. The molecule has 1 heterocycles. The van der Waals surface area contributed by atoms with Gasteiger partial charge in [-0.2, -0.15) is 0 Å². The number of carbonyl (C=O) groups excluding carboxylic acids is 2. The Morgan fingerprint density at radius 1 is 0.750 bits per heavy atom. The van der Waals surface area contributed by atoms with Gasteiger partial charge in [-0.05, 0) is 44.4 Å². The monoisotopic (exact) mass is 566 g/mol. The van der Waals surface area contributed by atoms with Crippen molar-refractivity contribution in [2.45, 2.75) is 174 Å². The van der Waals surface area contributed by atoms with Gasteiger partial charge >= 0.3 is 11.9 Å². The molecule has 234 valence electrons. The lowest BCUT2D eigenvalue weighted by atomic mass is 10.00. The van der Waals surface area contributed by atoms with Crippen LogP contribution >= 0.6 is 0 Å². The summed E-state index contributed by atoms with van der Waals surface area (Å²) in [5.41, 5.74) is 0. The molecule has 6 nitrogen and oxygen atoms in total. The molecule has 4 atom stereocenters. The molecule has 0 aromatic carbocycles. The Kier molecular flexibility index (Phi) is 23.2. The van der Waals surface area contributed by atoms with E-state index in [1.807, 2.05) is 0 Å². The Labute approximate surface area is 246 Å². The Balaban J connectivity index is 1.86. The van der Waals surface area contributed by atoms with Crippen molar-refractivity contribution in [1.82, 2.24) is 0 Å². The van der Waals surface area contributed by atoms with Gasteiger partial charge in [0, 0.05) is 12.8 Å². The van der Waals surface area contributed by atoms with Crippen LogP contribution in [-0.2, 0) is 23.8 Å². The third-order valence-corrected chi connectivity index (χ3v) is 7.96. The van der Waals surface area contributed by atoms with Gasteiger partial charge in [-0.3, -0.25) is 9.59 Å². The van der Waals surface area contributed by atoms with Crippen molar-refractivity contribution in [2.24, 2.45) is 5.92 Å². The molecule has 1 fully saturated rings. The number of ether oxygens (including phenoxy) is 3. The second-order valence-corrected chi connectivity index (χ2v) is 11.9. The van der Waals surface area contributed by atoms with Gasteiger partial charge < -0.3 is 19.3 Å². The molecule has 1 saturated heterocycles. The van der Waals surface area contributed by atoms with Crippen LogP contribution in [0, 0.1) is 5.92 Å². The van der Waals surface area contributed by atoms with Crippen LogP contribution in [0.15, 0.2) is 12.2 Å². The van der Waals surface area contributed by atoms with Crippen molar-refractivity contribution in [3.05, 3.63) is 12.2 Å². The molecule has 0 spiro atoms. The molecule has 0 radical (unpaired) electrons. The zero-order valence-electron chi connectivity index (χ0n) is 26.2. The summed E-state index contributed by atoms with van der Waals surface area (Å²) in [5.74, 6) is 0.236. The van der Waals surface area contributed by atoms with E-state index >= 15 is 0 Å². The minimum absolute atomic E-state index is 0.122. The van der Waals surface area contributed by atoms with Gasteiger partial charge in [0.15, 0.2) is 0 Å². The van der Waals surface area contributed by atoms with E-state index in [-0.39, 0.29) is 25.2 Å². The van der Waals surface area contributed by atoms with Crippen molar-refractivity contribution in [2.75, 3.05) is 13.2 Å². The molecule has 6 heteroatoms. The number of esters is 2. The van der Waals surface area contributed by atoms with Crippen molar-refractivity contribution in [1.29, 1.82) is 0 Å². The van der Waals surface area contributed by atoms with Gasteiger partial charge in [-0.15, -0.1) is 0 Å². The van der Waals surface area contributed by atoms with Crippen molar-refractivity contribution < 1.29 is 28.9 Å².